The Balaban J connectivity index is 1.28. The SMILES string of the molecule is CC/C=C\C/C=C\C/C=C\C/C=C\C/C=C\C/C=C\C/C=C\C/C=C\C/C=C\C/C=C\C/C=C\C/C=C\CCCCCCC(=O)NC(COC1OC(CO)C(OC2OC(CO)C(OC3OC(CO)C(O)C(O)C3O)C(O)C2O)C(O)C1O)C(O)CCCCCCC. The predicted octanol–water partition coefficient (Wildman–Crippen LogP) is 8.37. The smallest absolute Gasteiger partial charge is 0.220 e. The van der Waals surface area contributed by atoms with Crippen LogP contribution in [0.4, 0.5) is 0 Å². The first-order chi connectivity index (χ1) is 44.3. The Kier molecular flexibility index (Phi) is 46.2. The molecule has 17 unspecified atom stereocenters. The zero-order valence-electron chi connectivity index (χ0n) is 54.2. The van der Waals surface area contributed by atoms with Crippen LogP contribution in [-0.4, -0.2) is 193 Å². The molecule has 19 heteroatoms. The van der Waals surface area contributed by atoms with E-state index in [1.54, 1.807) is 0 Å². The molecule has 3 aliphatic rings. The van der Waals surface area contributed by atoms with Gasteiger partial charge in [-0.3, -0.25) is 4.79 Å². The van der Waals surface area contributed by atoms with Gasteiger partial charge in [0.15, 0.2) is 18.9 Å². The Labute approximate surface area is 542 Å². The molecule has 0 aromatic rings. The maximum Gasteiger partial charge on any atom is 0.220 e. The van der Waals surface area contributed by atoms with E-state index in [0.717, 1.165) is 128 Å². The van der Waals surface area contributed by atoms with Crippen LogP contribution in [0.3, 0.4) is 0 Å². The summed E-state index contributed by atoms with van der Waals surface area (Å²) >= 11 is 0. The minimum absolute atomic E-state index is 0.225. The molecule has 3 saturated heterocycles. The summed E-state index contributed by atoms with van der Waals surface area (Å²) in [7, 11) is 0. The van der Waals surface area contributed by atoms with E-state index < -0.39 is 124 Å². The minimum atomic E-state index is -1.98. The molecule has 0 bridgehead atoms. The Hall–Kier alpha value is -4.33. The number of ether oxygens (including phenoxy) is 6. The molecule has 0 aromatic heterocycles. The van der Waals surface area contributed by atoms with Gasteiger partial charge in [0, 0.05) is 6.42 Å². The Bertz CT molecular complexity index is 2220. The van der Waals surface area contributed by atoms with Crippen LogP contribution in [0.5, 0.6) is 0 Å². The maximum atomic E-state index is 13.2. The molecule has 0 saturated carbocycles. The molecule has 3 heterocycles. The summed E-state index contributed by atoms with van der Waals surface area (Å²) in [5, 5.41) is 120. The van der Waals surface area contributed by atoms with Crippen molar-refractivity contribution in [2.24, 2.45) is 0 Å². The molecule has 0 aliphatic carbocycles. The normalized spacial score (nSPS) is 28.8. The number of amides is 1. The van der Waals surface area contributed by atoms with E-state index in [4.69, 9.17) is 28.4 Å². The summed E-state index contributed by atoms with van der Waals surface area (Å²) in [6.07, 6.45) is 47.4. The zero-order valence-corrected chi connectivity index (χ0v) is 54.2. The standard InChI is InChI=1S/C72H115NO18/c1-3-5-7-9-10-11-12-13-14-15-16-17-18-19-20-21-22-23-24-25-26-27-28-29-30-31-32-33-34-35-36-37-38-39-40-41-42-43-44-46-48-50-60(78)73-55(56(77)49-47-45-8-6-4-2)54-86-70-66(84)63(81)68(58(52-75)88-70)91-72-67(85)64(82)69(59(53-76)89-72)90-71-65(83)62(80)61(79)57(51-74)87-71/h5,7,10-11,13-14,16-17,19-20,22-23,25-26,28-29,31-32,34-35,37-38,40-41,55-59,61-72,74-77,79-85H,3-4,6,8-9,12,15,18,21,24,27,30,33,36,39,42-54H2,1-2H3,(H,73,78)/b7-5-,11-10-,14-13-,17-16-,20-19-,23-22-,26-25-,29-28-,32-31-,35-34-,38-37-,41-40-. The van der Waals surface area contributed by atoms with Crippen LogP contribution in [0.15, 0.2) is 146 Å². The molecule has 17 atom stereocenters. The van der Waals surface area contributed by atoms with Crippen LogP contribution in [-0.2, 0) is 33.2 Å². The lowest BCUT2D eigenvalue weighted by Crippen LogP contribution is -2.66. The molecule has 0 spiro atoms. The highest BCUT2D eigenvalue weighted by atomic mass is 16.8. The summed E-state index contributed by atoms with van der Waals surface area (Å²) in [6, 6.07) is -0.908. The van der Waals surface area contributed by atoms with Crippen LogP contribution in [0.25, 0.3) is 0 Å². The average molecular weight is 1280 g/mol. The first-order valence-corrected chi connectivity index (χ1v) is 33.6. The van der Waals surface area contributed by atoms with E-state index in [0.29, 0.717) is 19.3 Å². The number of hydrogen-bond acceptors (Lipinski definition) is 18. The summed E-state index contributed by atoms with van der Waals surface area (Å²) in [5.41, 5.74) is 0. The van der Waals surface area contributed by atoms with Gasteiger partial charge in [-0.25, -0.2) is 0 Å². The van der Waals surface area contributed by atoms with E-state index >= 15 is 0 Å². The predicted molar refractivity (Wildman–Crippen MR) is 355 cm³/mol. The van der Waals surface area contributed by atoms with E-state index in [-0.39, 0.29) is 18.9 Å². The van der Waals surface area contributed by atoms with E-state index in [1.165, 1.54) is 0 Å². The summed E-state index contributed by atoms with van der Waals surface area (Å²) in [6.45, 7) is 1.50. The van der Waals surface area contributed by atoms with Crippen molar-refractivity contribution < 1.29 is 89.4 Å². The van der Waals surface area contributed by atoms with Crippen LogP contribution in [0.2, 0.25) is 0 Å². The van der Waals surface area contributed by atoms with Gasteiger partial charge in [-0.1, -0.05) is 205 Å². The largest absolute Gasteiger partial charge is 0.394 e. The molecular formula is C72H115NO18. The van der Waals surface area contributed by atoms with Crippen molar-refractivity contribution in [1.29, 1.82) is 0 Å². The van der Waals surface area contributed by atoms with E-state index in [2.05, 4.69) is 165 Å². The third-order valence-corrected chi connectivity index (χ3v) is 15.7. The molecule has 516 valence electrons. The van der Waals surface area contributed by atoms with Gasteiger partial charge in [0.25, 0.3) is 0 Å². The molecular weight excluding hydrogens is 1170 g/mol. The second kappa shape index (κ2) is 52.0. The van der Waals surface area contributed by atoms with Crippen molar-refractivity contribution in [3.63, 3.8) is 0 Å². The fourth-order valence-corrected chi connectivity index (χ4v) is 10.2. The number of allylic oxidation sites excluding steroid dienone is 24. The summed E-state index contributed by atoms with van der Waals surface area (Å²) < 4.78 is 34.1. The highest BCUT2D eigenvalue weighted by Gasteiger charge is 2.53. The van der Waals surface area contributed by atoms with Crippen LogP contribution >= 0.6 is 0 Å². The fraction of sp³-hybridized carbons (Fsp3) is 0.653. The van der Waals surface area contributed by atoms with Gasteiger partial charge in [0.2, 0.25) is 5.91 Å². The number of hydrogen-bond donors (Lipinski definition) is 12. The molecule has 3 fully saturated rings. The van der Waals surface area contributed by atoms with Crippen LogP contribution < -0.4 is 5.32 Å². The van der Waals surface area contributed by atoms with Gasteiger partial charge in [-0.15, -0.1) is 0 Å². The molecule has 19 nitrogen and oxygen atoms in total. The number of unbranched alkanes of at least 4 members (excludes halogenated alkanes) is 8. The fourth-order valence-electron chi connectivity index (χ4n) is 10.2. The van der Waals surface area contributed by atoms with Gasteiger partial charge < -0.3 is 89.9 Å². The van der Waals surface area contributed by atoms with Crippen LogP contribution in [0, 0.1) is 0 Å². The van der Waals surface area contributed by atoms with E-state index in [1.807, 2.05) is 0 Å². The third kappa shape index (κ3) is 34.1. The molecule has 1 amide bonds. The highest BCUT2D eigenvalue weighted by molar-refractivity contribution is 5.76. The Morgan fingerprint density at radius 2 is 0.758 bits per heavy atom. The van der Waals surface area contributed by atoms with Gasteiger partial charge in [-0.2, -0.15) is 0 Å². The maximum absolute atomic E-state index is 13.2. The average Bonchev–Trinajstić information content (AvgIpc) is 0.864. The summed E-state index contributed by atoms with van der Waals surface area (Å²) in [5.74, 6) is -0.282. The second-order valence-corrected chi connectivity index (χ2v) is 23.2. The molecule has 12 N–H and O–H groups in total. The van der Waals surface area contributed by atoms with Crippen molar-refractivity contribution in [2.45, 2.75) is 272 Å². The van der Waals surface area contributed by atoms with Gasteiger partial charge in [-0.05, 0) is 103 Å². The lowest BCUT2D eigenvalue weighted by atomic mass is 9.96. The highest BCUT2D eigenvalue weighted by Crippen LogP contribution is 2.33. The molecule has 3 rings (SSSR count). The lowest BCUT2D eigenvalue weighted by molar-refractivity contribution is -0.379. The number of aliphatic hydroxyl groups is 11. The molecule has 0 aromatic carbocycles. The van der Waals surface area contributed by atoms with Gasteiger partial charge in [0.1, 0.15) is 73.2 Å². The lowest BCUT2D eigenvalue weighted by Gasteiger charge is -2.48. The second-order valence-electron chi connectivity index (χ2n) is 23.2. The Morgan fingerprint density at radius 3 is 1.18 bits per heavy atom. The number of rotatable bonds is 48. The van der Waals surface area contributed by atoms with Crippen LogP contribution in [0.1, 0.15) is 168 Å². The topological polar surface area (TPSA) is 307 Å². The van der Waals surface area contributed by atoms with Crippen molar-refractivity contribution in [2.75, 3.05) is 26.4 Å². The summed E-state index contributed by atoms with van der Waals surface area (Å²) in [4.78, 5) is 13.2. The van der Waals surface area contributed by atoms with E-state index in [9.17, 15) is 61.0 Å². The molecule has 3 aliphatic heterocycles. The van der Waals surface area contributed by atoms with Crippen molar-refractivity contribution in [3.05, 3.63) is 146 Å². The van der Waals surface area contributed by atoms with Crippen molar-refractivity contribution in [1.82, 2.24) is 5.32 Å². The van der Waals surface area contributed by atoms with Gasteiger partial charge >= 0.3 is 0 Å². The molecule has 91 heavy (non-hydrogen) atoms. The van der Waals surface area contributed by atoms with Gasteiger partial charge in [0.05, 0.1) is 38.6 Å². The number of nitrogens with one attached hydrogen (secondary N) is 1. The first kappa shape index (κ1) is 80.9. The number of aliphatic hydroxyl groups excluding tert-OH is 11. The minimum Gasteiger partial charge on any atom is -0.394 e. The first-order valence-electron chi connectivity index (χ1n) is 33.6. The number of carbonyl (C=O) groups excluding carboxylic acids is 1. The Morgan fingerprint density at radius 1 is 0.407 bits per heavy atom. The monoisotopic (exact) mass is 1280 g/mol. The third-order valence-electron chi connectivity index (χ3n) is 15.7. The molecule has 0 radical (unpaired) electrons. The van der Waals surface area contributed by atoms with Crippen molar-refractivity contribution in [3.8, 4) is 0 Å². The quantitative estimate of drug-likeness (QED) is 0.0201. The van der Waals surface area contributed by atoms with Crippen molar-refractivity contribution >= 4 is 5.91 Å². The zero-order chi connectivity index (χ0) is 66.1. The number of carbonyl (C=O) groups is 1.